The first-order valence-electron chi connectivity index (χ1n) is 9.11. The molecule has 2 aromatic rings. The summed E-state index contributed by atoms with van der Waals surface area (Å²) in [5.41, 5.74) is 3.99. The van der Waals surface area contributed by atoms with Gasteiger partial charge >= 0.3 is 0 Å². The standard InChI is InChI=1S/C20H26N6S/c1-27-25-18-7-10-22-20(13-18)16-8-11-26(12-9-16)15-19(24-21)14-23-17-5-3-2-4-6-17/h2-7,10,13-14,16H,8-9,11-12,15,21H2,1H3,(H,22,25). The van der Waals surface area contributed by atoms with Crippen molar-refractivity contribution in [3.05, 3.63) is 54.4 Å². The third-order valence-corrected chi connectivity index (χ3v) is 5.12. The maximum atomic E-state index is 5.57. The Morgan fingerprint density at radius 1 is 1.30 bits per heavy atom. The molecule has 7 heteroatoms. The lowest BCUT2D eigenvalue weighted by Gasteiger charge is -2.31. The van der Waals surface area contributed by atoms with E-state index in [-0.39, 0.29) is 0 Å². The molecule has 2 heterocycles. The van der Waals surface area contributed by atoms with E-state index >= 15 is 0 Å². The van der Waals surface area contributed by atoms with Crippen molar-refractivity contribution in [3.63, 3.8) is 0 Å². The van der Waals surface area contributed by atoms with Crippen LogP contribution in [0.4, 0.5) is 11.4 Å². The van der Waals surface area contributed by atoms with Crippen LogP contribution in [-0.4, -0.2) is 47.7 Å². The maximum absolute atomic E-state index is 5.57. The van der Waals surface area contributed by atoms with Crippen LogP contribution in [0.3, 0.4) is 0 Å². The van der Waals surface area contributed by atoms with Crippen molar-refractivity contribution in [3.8, 4) is 0 Å². The number of benzene rings is 1. The van der Waals surface area contributed by atoms with Crippen LogP contribution in [0.15, 0.2) is 58.8 Å². The van der Waals surface area contributed by atoms with E-state index in [0.717, 1.165) is 49.6 Å². The predicted molar refractivity (Wildman–Crippen MR) is 116 cm³/mol. The van der Waals surface area contributed by atoms with Gasteiger partial charge in [-0.25, -0.2) is 0 Å². The molecule has 0 unspecified atom stereocenters. The third kappa shape index (κ3) is 5.80. The first kappa shape index (κ1) is 19.4. The number of rotatable bonds is 7. The summed E-state index contributed by atoms with van der Waals surface area (Å²) in [5, 5.41) is 3.91. The lowest BCUT2D eigenvalue weighted by atomic mass is 9.93. The summed E-state index contributed by atoms with van der Waals surface area (Å²) in [6.07, 6.45) is 7.85. The maximum Gasteiger partial charge on any atom is 0.0923 e. The van der Waals surface area contributed by atoms with Crippen LogP contribution in [-0.2, 0) is 0 Å². The molecule has 6 nitrogen and oxygen atoms in total. The van der Waals surface area contributed by atoms with Crippen LogP contribution in [0.1, 0.15) is 24.5 Å². The summed E-state index contributed by atoms with van der Waals surface area (Å²) in [7, 11) is 0. The molecule has 0 aliphatic carbocycles. The summed E-state index contributed by atoms with van der Waals surface area (Å²) in [6.45, 7) is 2.73. The van der Waals surface area contributed by atoms with Gasteiger partial charge in [0.05, 0.1) is 17.6 Å². The first-order chi connectivity index (χ1) is 13.3. The minimum absolute atomic E-state index is 0.501. The van der Waals surface area contributed by atoms with E-state index in [9.17, 15) is 0 Å². The highest BCUT2D eigenvalue weighted by Crippen LogP contribution is 2.28. The Morgan fingerprint density at radius 2 is 2.07 bits per heavy atom. The second kappa shape index (κ2) is 10.1. The van der Waals surface area contributed by atoms with Crippen LogP contribution in [0, 0.1) is 0 Å². The molecule has 1 saturated heterocycles. The number of pyridine rings is 1. The second-order valence-corrected chi connectivity index (χ2v) is 7.15. The molecule has 1 fully saturated rings. The van der Waals surface area contributed by atoms with Crippen molar-refractivity contribution in [2.45, 2.75) is 18.8 Å². The highest BCUT2D eigenvalue weighted by molar-refractivity contribution is 7.99. The van der Waals surface area contributed by atoms with Gasteiger partial charge in [0.15, 0.2) is 0 Å². The Balaban J connectivity index is 1.52. The summed E-state index contributed by atoms with van der Waals surface area (Å²) in [4.78, 5) is 11.4. The molecule has 0 radical (unpaired) electrons. The molecule has 0 amide bonds. The number of nitrogens with one attached hydrogen (secondary N) is 1. The average molecular weight is 383 g/mol. The van der Waals surface area contributed by atoms with Gasteiger partial charge in [-0.1, -0.05) is 30.1 Å². The zero-order valence-electron chi connectivity index (χ0n) is 15.6. The lowest BCUT2D eigenvalue weighted by Crippen LogP contribution is -2.37. The summed E-state index contributed by atoms with van der Waals surface area (Å²) in [5.74, 6) is 6.07. The molecule has 1 aromatic carbocycles. The van der Waals surface area contributed by atoms with Crippen LogP contribution < -0.4 is 10.6 Å². The number of para-hydroxylation sites is 1. The topological polar surface area (TPSA) is 78.9 Å². The number of hydrogen-bond donors (Lipinski definition) is 2. The van der Waals surface area contributed by atoms with Gasteiger partial charge in [-0.15, -0.1) is 0 Å². The molecule has 1 aromatic heterocycles. The largest absolute Gasteiger partial charge is 0.330 e. The predicted octanol–water partition coefficient (Wildman–Crippen LogP) is 3.67. The number of anilines is 1. The Bertz CT molecular complexity index is 769. The minimum Gasteiger partial charge on any atom is -0.330 e. The lowest BCUT2D eigenvalue weighted by molar-refractivity contribution is 0.237. The number of aromatic nitrogens is 1. The molecule has 0 bridgehead atoms. The van der Waals surface area contributed by atoms with Crippen molar-refractivity contribution in [1.82, 2.24) is 9.88 Å². The van der Waals surface area contributed by atoms with Gasteiger partial charge in [-0.05, 0) is 50.2 Å². The quantitative estimate of drug-likeness (QED) is 0.331. The Labute approximate surface area is 165 Å². The fraction of sp³-hybridized carbons (Fsp3) is 0.350. The van der Waals surface area contributed by atoms with Crippen LogP contribution in [0.5, 0.6) is 0 Å². The van der Waals surface area contributed by atoms with E-state index in [1.807, 2.05) is 48.9 Å². The van der Waals surface area contributed by atoms with E-state index in [4.69, 9.17) is 5.84 Å². The fourth-order valence-corrected chi connectivity index (χ4v) is 3.61. The molecule has 3 rings (SSSR count). The van der Waals surface area contributed by atoms with Gasteiger partial charge in [0, 0.05) is 36.3 Å². The van der Waals surface area contributed by atoms with Gasteiger partial charge in [-0.3, -0.25) is 14.9 Å². The molecular formula is C20H26N6S. The summed E-state index contributed by atoms with van der Waals surface area (Å²) < 4.78 is 3.28. The van der Waals surface area contributed by atoms with Crippen LogP contribution in [0.25, 0.3) is 0 Å². The van der Waals surface area contributed by atoms with Gasteiger partial charge in [0.1, 0.15) is 0 Å². The molecule has 1 aliphatic heterocycles. The third-order valence-electron chi connectivity index (χ3n) is 4.68. The van der Waals surface area contributed by atoms with Crippen molar-refractivity contribution >= 4 is 35.2 Å². The van der Waals surface area contributed by atoms with Crippen molar-refractivity contribution in [2.75, 3.05) is 30.6 Å². The molecule has 142 valence electrons. The van der Waals surface area contributed by atoms with E-state index in [2.05, 4.69) is 30.8 Å². The van der Waals surface area contributed by atoms with Gasteiger partial charge in [0.25, 0.3) is 0 Å². The van der Waals surface area contributed by atoms with Gasteiger partial charge in [0.2, 0.25) is 0 Å². The Hall–Kier alpha value is -2.38. The van der Waals surface area contributed by atoms with Crippen LogP contribution >= 0.6 is 11.9 Å². The molecular weight excluding hydrogens is 356 g/mol. The zero-order valence-corrected chi connectivity index (χ0v) is 16.4. The van der Waals surface area contributed by atoms with Crippen LogP contribution in [0.2, 0.25) is 0 Å². The minimum atomic E-state index is 0.501. The number of aliphatic imine (C=N–C) groups is 1. The molecule has 3 N–H and O–H groups in total. The van der Waals surface area contributed by atoms with Gasteiger partial charge in [-0.2, -0.15) is 5.10 Å². The number of likely N-dealkylation sites (tertiary alicyclic amines) is 1. The molecule has 0 atom stereocenters. The Kier molecular flexibility index (Phi) is 7.24. The monoisotopic (exact) mass is 382 g/mol. The number of nitrogens with zero attached hydrogens (tertiary/aromatic N) is 4. The van der Waals surface area contributed by atoms with Gasteiger partial charge < -0.3 is 10.6 Å². The average Bonchev–Trinajstić information content (AvgIpc) is 2.73. The number of hydrazone groups is 1. The summed E-state index contributed by atoms with van der Waals surface area (Å²) >= 11 is 1.60. The van der Waals surface area contributed by atoms with Crippen molar-refractivity contribution in [1.29, 1.82) is 0 Å². The van der Waals surface area contributed by atoms with E-state index in [0.29, 0.717) is 5.92 Å². The fourth-order valence-electron chi connectivity index (χ4n) is 3.25. The SMILES string of the molecule is CSNc1ccnc(C2CCN(CC(C=Nc3ccccc3)=NN)CC2)c1. The zero-order chi connectivity index (χ0) is 18.9. The van der Waals surface area contributed by atoms with Crippen molar-refractivity contribution < 1.29 is 0 Å². The normalized spacial score (nSPS) is 16.7. The van der Waals surface area contributed by atoms with E-state index < -0.39 is 0 Å². The molecule has 1 aliphatic rings. The number of piperidine rings is 1. The highest BCUT2D eigenvalue weighted by atomic mass is 32.2. The number of nitrogens with two attached hydrogens (primary N) is 1. The van der Waals surface area contributed by atoms with E-state index in [1.54, 1.807) is 18.2 Å². The van der Waals surface area contributed by atoms with E-state index in [1.165, 1.54) is 5.69 Å². The highest BCUT2D eigenvalue weighted by Gasteiger charge is 2.22. The van der Waals surface area contributed by atoms with Crippen molar-refractivity contribution in [2.24, 2.45) is 15.9 Å². The second-order valence-electron chi connectivity index (χ2n) is 6.54. The Morgan fingerprint density at radius 3 is 2.78 bits per heavy atom. The molecule has 0 saturated carbocycles. The number of hydrogen-bond acceptors (Lipinski definition) is 7. The first-order valence-corrected chi connectivity index (χ1v) is 10.3. The summed E-state index contributed by atoms with van der Waals surface area (Å²) in [6, 6.07) is 14.0. The molecule has 27 heavy (non-hydrogen) atoms. The molecule has 0 spiro atoms. The smallest absolute Gasteiger partial charge is 0.0923 e.